The summed E-state index contributed by atoms with van der Waals surface area (Å²) in [5.74, 6) is 3.54. The van der Waals surface area contributed by atoms with Gasteiger partial charge in [0.15, 0.2) is 11.5 Å². The Kier molecular flexibility index (Phi) is 11.1. The maximum absolute atomic E-state index is 12.2. The lowest BCUT2D eigenvalue weighted by Gasteiger charge is -2.46. The van der Waals surface area contributed by atoms with Crippen LogP contribution in [0.5, 0.6) is 11.5 Å². The summed E-state index contributed by atoms with van der Waals surface area (Å²) in [7, 11) is 4.96. The van der Waals surface area contributed by atoms with E-state index < -0.39 is 0 Å². The van der Waals surface area contributed by atoms with E-state index in [1.165, 1.54) is 36.8 Å². The van der Waals surface area contributed by atoms with Gasteiger partial charge in [0.2, 0.25) is 0 Å². The number of nitrogens with zero attached hydrogens (tertiary/aromatic N) is 1. The second kappa shape index (κ2) is 14.0. The monoisotopic (exact) mass is 496 g/mol. The van der Waals surface area contributed by atoms with Crippen molar-refractivity contribution >= 4 is 17.9 Å². The van der Waals surface area contributed by atoms with Gasteiger partial charge in [0.05, 0.1) is 20.9 Å². The highest BCUT2D eigenvalue weighted by molar-refractivity contribution is 7.99. The second-order valence-corrected chi connectivity index (χ2v) is 10.4. The van der Waals surface area contributed by atoms with E-state index >= 15 is 0 Å². The number of fused-ring (bicyclic) bond motifs is 3. The first-order valence-corrected chi connectivity index (χ1v) is 13.8. The van der Waals surface area contributed by atoms with E-state index in [0.717, 1.165) is 56.0 Å². The summed E-state index contributed by atoms with van der Waals surface area (Å²) in [5, 5.41) is 2.63. The van der Waals surface area contributed by atoms with Crippen molar-refractivity contribution in [1.82, 2.24) is 10.2 Å². The van der Waals surface area contributed by atoms with Crippen LogP contribution < -0.4 is 14.8 Å². The van der Waals surface area contributed by atoms with Crippen molar-refractivity contribution in [3.05, 3.63) is 23.3 Å². The minimum Gasteiger partial charge on any atom is -0.493 e. The molecule has 1 amide bonds. The molecule has 1 fully saturated rings. The predicted molar refractivity (Wildman–Crippen MR) is 136 cm³/mol. The Morgan fingerprint density at radius 2 is 1.85 bits per heavy atom. The van der Waals surface area contributed by atoms with Crippen LogP contribution in [0.1, 0.15) is 62.1 Å². The van der Waals surface area contributed by atoms with Gasteiger partial charge in [-0.15, -0.1) is 0 Å². The van der Waals surface area contributed by atoms with Crippen LogP contribution in [0.3, 0.4) is 0 Å². The Morgan fingerprint density at radius 3 is 2.59 bits per heavy atom. The molecule has 0 bridgehead atoms. The molecule has 34 heavy (non-hydrogen) atoms. The number of alkyl halides is 1. The molecule has 0 radical (unpaired) electrons. The molecule has 2 aliphatic rings. The highest BCUT2D eigenvalue weighted by atomic mass is 32.2. The molecule has 0 aromatic heterocycles. The van der Waals surface area contributed by atoms with Crippen LogP contribution in [-0.4, -0.2) is 69.6 Å². The number of alkyl carbamates (subject to hydrolysis) is 1. The van der Waals surface area contributed by atoms with Gasteiger partial charge in [0, 0.05) is 44.3 Å². The van der Waals surface area contributed by atoms with Crippen LogP contribution in [0.25, 0.3) is 0 Å². The number of halogens is 1. The number of unbranched alkanes of at least 4 members (excludes halogenated alkanes) is 4. The Balaban J connectivity index is 1.59. The quantitative estimate of drug-likeness (QED) is 0.370. The molecule has 3 rings (SSSR count). The minimum atomic E-state index is -0.349. The highest BCUT2D eigenvalue weighted by Crippen LogP contribution is 2.44. The zero-order chi connectivity index (χ0) is 24.3. The zero-order valence-corrected chi connectivity index (χ0v) is 21.8. The lowest BCUT2D eigenvalue weighted by Crippen LogP contribution is -2.49. The molecule has 2 heterocycles. The molecule has 0 saturated carbocycles. The van der Waals surface area contributed by atoms with Crippen molar-refractivity contribution in [2.45, 2.75) is 63.5 Å². The molecule has 3 atom stereocenters. The van der Waals surface area contributed by atoms with Crippen molar-refractivity contribution in [1.29, 1.82) is 0 Å². The lowest BCUT2D eigenvalue weighted by molar-refractivity contribution is -0.0258. The van der Waals surface area contributed by atoms with Crippen LogP contribution in [0.15, 0.2) is 12.1 Å². The van der Waals surface area contributed by atoms with Gasteiger partial charge in [0.1, 0.15) is 6.10 Å². The van der Waals surface area contributed by atoms with Gasteiger partial charge in [0.25, 0.3) is 0 Å². The molecule has 6 nitrogen and oxygen atoms in total. The van der Waals surface area contributed by atoms with E-state index in [4.69, 9.17) is 14.2 Å². The first kappa shape index (κ1) is 26.9. The summed E-state index contributed by atoms with van der Waals surface area (Å²) in [4.78, 5) is 14.7. The molecular formula is C26H41FN2O4S. The Hall–Kier alpha value is -1.67. The Bertz CT molecular complexity index is 781. The molecule has 8 heteroatoms. The fourth-order valence-corrected chi connectivity index (χ4v) is 6.04. The fourth-order valence-electron chi connectivity index (χ4n) is 5.32. The number of hydrogen-bond acceptors (Lipinski definition) is 6. The van der Waals surface area contributed by atoms with Gasteiger partial charge in [-0.3, -0.25) is 9.29 Å². The molecule has 1 aromatic rings. The van der Waals surface area contributed by atoms with Crippen LogP contribution in [-0.2, 0) is 11.2 Å². The topological polar surface area (TPSA) is 60.0 Å². The molecule has 0 aliphatic carbocycles. The Morgan fingerprint density at radius 1 is 1.12 bits per heavy atom. The van der Waals surface area contributed by atoms with Crippen molar-refractivity contribution < 1.29 is 23.4 Å². The average Bonchev–Trinajstić information content (AvgIpc) is 2.86. The Labute approximate surface area is 208 Å². The number of ether oxygens (including phenoxy) is 3. The number of methoxy groups -OCH3 is 2. The molecule has 192 valence electrons. The first-order chi connectivity index (χ1) is 16.6. The number of nitrogens with one attached hydrogen (secondary N) is 1. The summed E-state index contributed by atoms with van der Waals surface area (Å²) in [6, 6.07) is 4.42. The largest absolute Gasteiger partial charge is 0.493 e. The fraction of sp³-hybridized carbons (Fsp3) is 0.731. The van der Waals surface area contributed by atoms with E-state index in [-0.39, 0.29) is 24.9 Å². The predicted octanol–water partition coefficient (Wildman–Crippen LogP) is 5.39. The zero-order valence-electron chi connectivity index (χ0n) is 20.9. The van der Waals surface area contributed by atoms with E-state index in [1.54, 1.807) is 33.0 Å². The minimum absolute atomic E-state index is 0.0997. The second-order valence-electron chi connectivity index (χ2n) is 9.21. The molecule has 0 unspecified atom stereocenters. The molecule has 0 spiro atoms. The number of amides is 1. The van der Waals surface area contributed by atoms with Crippen molar-refractivity contribution in [2.24, 2.45) is 5.92 Å². The van der Waals surface area contributed by atoms with Gasteiger partial charge in [-0.05, 0) is 48.3 Å². The normalized spacial score (nSPS) is 21.9. The summed E-state index contributed by atoms with van der Waals surface area (Å²) in [6.45, 7) is 1.73. The van der Waals surface area contributed by atoms with Crippen LogP contribution in [0.2, 0.25) is 0 Å². The average molecular weight is 497 g/mol. The van der Waals surface area contributed by atoms with Crippen LogP contribution in [0, 0.1) is 5.92 Å². The number of piperidine rings is 1. The van der Waals surface area contributed by atoms with Gasteiger partial charge >= 0.3 is 6.09 Å². The van der Waals surface area contributed by atoms with Crippen LogP contribution >= 0.6 is 11.8 Å². The maximum atomic E-state index is 12.2. The maximum Gasteiger partial charge on any atom is 0.407 e. The first-order valence-electron chi connectivity index (χ1n) is 12.6. The molecule has 1 N–H and O–H groups in total. The number of hydrogen-bond donors (Lipinski definition) is 1. The summed E-state index contributed by atoms with van der Waals surface area (Å²) in [5.41, 5.74) is 2.55. The van der Waals surface area contributed by atoms with Gasteiger partial charge in [-0.1, -0.05) is 25.7 Å². The highest BCUT2D eigenvalue weighted by Gasteiger charge is 2.40. The number of carbonyl (C=O) groups is 1. The number of thioether (sulfide) groups is 1. The summed E-state index contributed by atoms with van der Waals surface area (Å²) in [6.07, 6.45) is 8.33. The third-order valence-corrected chi connectivity index (χ3v) is 8.13. The van der Waals surface area contributed by atoms with E-state index in [1.807, 2.05) is 0 Å². The smallest absolute Gasteiger partial charge is 0.407 e. The van der Waals surface area contributed by atoms with Gasteiger partial charge in [-0.2, -0.15) is 11.8 Å². The third-order valence-electron chi connectivity index (χ3n) is 7.11. The van der Waals surface area contributed by atoms with Crippen molar-refractivity contribution in [3.63, 3.8) is 0 Å². The van der Waals surface area contributed by atoms with Gasteiger partial charge < -0.3 is 19.5 Å². The van der Waals surface area contributed by atoms with Crippen LogP contribution in [0.4, 0.5) is 9.18 Å². The van der Waals surface area contributed by atoms with E-state index in [0.29, 0.717) is 11.7 Å². The molecule has 1 saturated heterocycles. The molecule has 2 aliphatic heterocycles. The summed E-state index contributed by atoms with van der Waals surface area (Å²) < 4.78 is 29.1. The van der Waals surface area contributed by atoms with Crippen molar-refractivity contribution in [2.75, 3.05) is 52.5 Å². The van der Waals surface area contributed by atoms with Gasteiger partial charge in [-0.25, -0.2) is 4.79 Å². The van der Waals surface area contributed by atoms with Crippen molar-refractivity contribution in [3.8, 4) is 11.5 Å². The number of carbonyl (C=O) groups excluding carboxylic acids is 1. The number of rotatable bonds is 13. The van der Waals surface area contributed by atoms with E-state index in [9.17, 15) is 9.18 Å². The number of benzene rings is 1. The lowest BCUT2D eigenvalue weighted by atomic mass is 9.80. The summed E-state index contributed by atoms with van der Waals surface area (Å²) >= 11 is 1.71. The molecule has 1 aromatic carbocycles. The van der Waals surface area contributed by atoms with E-state index in [2.05, 4.69) is 22.3 Å². The third kappa shape index (κ3) is 7.17. The standard InChI is InChI=1S/C26H41FN2O4S/c1-28-26(30)33-23-17-22-21-16-25(32-3)24(31-2)15-19(21)10-12-29(22)18-20(23)9-7-5-4-6-8-13-34-14-11-27/h15-16,20,22-23H,4-14,17-18H2,1-3H3,(H,28,30)/t20-,22-,23-/m0/s1. The molecular weight excluding hydrogens is 455 g/mol. The SMILES string of the molecule is CNC(=O)O[C@H]1C[C@H]2c3cc(OC)c(OC)cc3CCN2C[C@@H]1CCCCCCCSCCF.